The first kappa shape index (κ1) is 12.2. The Balaban J connectivity index is 2.17. The maximum Gasteiger partial charge on any atom is 0.0596 e. The first-order chi connectivity index (χ1) is 7.09. The summed E-state index contributed by atoms with van der Waals surface area (Å²) >= 11 is 0. The van der Waals surface area contributed by atoms with Gasteiger partial charge in [-0.25, -0.2) is 0 Å². The number of hydrogen-bond acceptors (Lipinski definition) is 2. The topological polar surface area (TPSA) is 29.9 Å². The summed E-state index contributed by atoms with van der Waals surface area (Å²) in [6, 6.07) is 2.17. The molecule has 86 valence electrons. The van der Waals surface area contributed by atoms with E-state index in [1.165, 1.54) is 12.1 Å². The van der Waals surface area contributed by atoms with Crippen LogP contribution in [0.4, 0.5) is 0 Å². The zero-order valence-electron chi connectivity index (χ0n) is 10.4. The van der Waals surface area contributed by atoms with Crippen molar-refractivity contribution in [2.24, 2.45) is 13.0 Å². The number of nitrogens with one attached hydrogen (secondary N) is 1. The van der Waals surface area contributed by atoms with Crippen LogP contribution in [0.25, 0.3) is 0 Å². The van der Waals surface area contributed by atoms with Crippen molar-refractivity contribution in [1.82, 2.24) is 15.1 Å². The van der Waals surface area contributed by atoms with Crippen LogP contribution in [0.3, 0.4) is 0 Å². The minimum Gasteiger partial charge on any atom is -0.316 e. The molecule has 0 aliphatic rings. The Morgan fingerprint density at radius 3 is 2.73 bits per heavy atom. The van der Waals surface area contributed by atoms with Gasteiger partial charge in [0.15, 0.2) is 0 Å². The minimum atomic E-state index is 0.740. The van der Waals surface area contributed by atoms with Crippen LogP contribution in [-0.2, 0) is 13.5 Å². The lowest BCUT2D eigenvalue weighted by Crippen LogP contribution is -2.21. The van der Waals surface area contributed by atoms with Crippen LogP contribution >= 0.6 is 0 Å². The van der Waals surface area contributed by atoms with Crippen molar-refractivity contribution in [3.05, 3.63) is 17.5 Å². The summed E-state index contributed by atoms with van der Waals surface area (Å²) in [5.74, 6) is 0.740. The normalized spacial score (nSPS) is 11.3. The van der Waals surface area contributed by atoms with Crippen molar-refractivity contribution in [2.45, 2.75) is 33.6 Å². The molecule has 1 N–H and O–H groups in total. The minimum absolute atomic E-state index is 0.740. The van der Waals surface area contributed by atoms with Crippen molar-refractivity contribution in [3.8, 4) is 0 Å². The molecule has 1 heterocycles. The number of rotatable bonds is 6. The van der Waals surface area contributed by atoms with E-state index in [9.17, 15) is 0 Å². The van der Waals surface area contributed by atoms with Crippen LogP contribution in [0.2, 0.25) is 0 Å². The molecule has 1 aromatic heterocycles. The molecule has 3 heteroatoms. The lowest BCUT2D eigenvalue weighted by molar-refractivity contribution is 0.538. The first-order valence-corrected chi connectivity index (χ1v) is 5.80. The second-order valence-electron chi connectivity index (χ2n) is 4.60. The van der Waals surface area contributed by atoms with Gasteiger partial charge in [-0.1, -0.05) is 13.8 Å². The number of nitrogens with zero attached hydrogens (tertiary/aromatic N) is 2. The highest BCUT2D eigenvalue weighted by Gasteiger charge is 2.01. The zero-order chi connectivity index (χ0) is 11.3. The summed E-state index contributed by atoms with van der Waals surface area (Å²) in [6.45, 7) is 8.72. The molecule has 1 rings (SSSR count). The second-order valence-corrected chi connectivity index (χ2v) is 4.60. The number of hydrogen-bond donors (Lipinski definition) is 1. The molecule has 0 atom stereocenters. The van der Waals surface area contributed by atoms with Gasteiger partial charge in [-0.3, -0.25) is 4.68 Å². The van der Waals surface area contributed by atoms with Crippen LogP contribution in [0, 0.1) is 12.8 Å². The van der Waals surface area contributed by atoms with Gasteiger partial charge < -0.3 is 5.32 Å². The molecule has 0 fully saturated rings. The molecule has 0 aliphatic carbocycles. The van der Waals surface area contributed by atoms with E-state index in [1.54, 1.807) is 0 Å². The fraction of sp³-hybridized carbons (Fsp3) is 0.750. The van der Waals surface area contributed by atoms with Gasteiger partial charge in [-0.15, -0.1) is 0 Å². The van der Waals surface area contributed by atoms with Crippen molar-refractivity contribution in [3.63, 3.8) is 0 Å². The van der Waals surface area contributed by atoms with Crippen LogP contribution in [0.1, 0.15) is 31.7 Å². The van der Waals surface area contributed by atoms with Crippen LogP contribution in [0.15, 0.2) is 6.07 Å². The molecule has 0 saturated carbocycles. The van der Waals surface area contributed by atoms with E-state index in [0.29, 0.717) is 0 Å². The molecular formula is C12H23N3. The quantitative estimate of drug-likeness (QED) is 0.725. The monoisotopic (exact) mass is 209 g/mol. The van der Waals surface area contributed by atoms with E-state index >= 15 is 0 Å². The lowest BCUT2D eigenvalue weighted by atomic mass is 10.2. The molecular weight excluding hydrogens is 186 g/mol. The third kappa shape index (κ3) is 4.47. The number of aromatic nitrogens is 2. The molecule has 15 heavy (non-hydrogen) atoms. The third-order valence-electron chi connectivity index (χ3n) is 2.44. The van der Waals surface area contributed by atoms with Crippen LogP contribution in [-0.4, -0.2) is 22.9 Å². The summed E-state index contributed by atoms with van der Waals surface area (Å²) in [5, 5.41) is 7.79. The zero-order valence-corrected chi connectivity index (χ0v) is 10.4. The van der Waals surface area contributed by atoms with Crippen molar-refractivity contribution < 1.29 is 0 Å². The maximum atomic E-state index is 4.33. The summed E-state index contributed by atoms with van der Waals surface area (Å²) in [5.41, 5.74) is 2.45. The van der Waals surface area contributed by atoms with Gasteiger partial charge in [-0.2, -0.15) is 5.10 Å². The Morgan fingerprint density at radius 2 is 2.20 bits per heavy atom. The molecule has 0 saturated heterocycles. The van der Waals surface area contributed by atoms with E-state index in [0.717, 1.165) is 31.1 Å². The van der Waals surface area contributed by atoms with Crippen molar-refractivity contribution >= 4 is 0 Å². The predicted molar refractivity (Wildman–Crippen MR) is 64.0 cm³/mol. The summed E-state index contributed by atoms with van der Waals surface area (Å²) in [6.07, 6.45) is 2.30. The molecule has 0 radical (unpaired) electrons. The van der Waals surface area contributed by atoms with E-state index in [4.69, 9.17) is 0 Å². The van der Waals surface area contributed by atoms with Crippen molar-refractivity contribution in [1.29, 1.82) is 0 Å². The van der Waals surface area contributed by atoms with Gasteiger partial charge in [0.1, 0.15) is 0 Å². The Morgan fingerprint density at radius 1 is 1.47 bits per heavy atom. The largest absolute Gasteiger partial charge is 0.316 e. The Labute approximate surface area is 92.9 Å². The third-order valence-corrected chi connectivity index (χ3v) is 2.44. The van der Waals surface area contributed by atoms with Crippen LogP contribution < -0.4 is 5.32 Å². The molecule has 0 spiro atoms. The summed E-state index contributed by atoms with van der Waals surface area (Å²) in [4.78, 5) is 0. The predicted octanol–water partition coefficient (Wildman–Crippen LogP) is 1.91. The Hall–Kier alpha value is -0.830. The average Bonchev–Trinajstić information content (AvgIpc) is 2.44. The van der Waals surface area contributed by atoms with Crippen LogP contribution in [0.5, 0.6) is 0 Å². The summed E-state index contributed by atoms with van der Waals surface area (Å²) in [7, 11) is 2.02. The fourth-order valence-corrected chi connectivity index (χ4v) is 1.68. The smallest absolute Gasteiger partial charge is 0.0596 e. The molecule has 1 aromatic rings. The first-order valence-electron chi connectivity index (χ1n) is 5.80. The molecule has 0 bridgehead atoms. The average molecular weight is 209 g/mol. The van der Waals surface area contributed by atoms with E-state index in [-0.39, 0.29) is 0 Å². The molecule has 0 aromatic carbocycles. The van der Waals surface area contributed by atoms with Gasteiger partial charge in [-0.05, 0) is 44.8 Å². The fourth-order valence-electron chi connectivity index (χ4n) is 1.68. The molecule has 0 amide bonds. The van der Waals surface area contributed by atoms with Gasteiger partial charge >= 0.3 is 0 Å². The maximum absolute atomic E-state index is 4.33. The van der Waals surface area contributed by atoms with Gasteiger partial charge in [0, 0.05) is 12.7 Å². The molecule has 0 aliphatic heterocycles. The van der Waals surface area contributed by atoms with E-state index in [1.807, 2.05) is 18.7 Å². The van der Waals surface area contributed by atoms with E-state index < -0.39 is 0 Å². The Kier molecular flexibility index (Phi) is 4.82. The highest BCUT2D eigenvalue weighted by molar-refractivity contribution is 5.08. The SMILES string of the molecule is Cc1cc(CCCNCC(C)C)n(C)n1. The molecule has 3 nitrogen and oxygen atoms in total. The van der Waals surface area contributed by atoms with Gasteiger partial charge in [0.2, 0.25) is 0 Å². The van der Waals surface area contributed by atoms with E-state index in [2.05, 4.69) is 30.3 Å². The number of aryl methyl sites for hydroxylation is 3. The lowest BCUT2D eigenvalue weighted by Gasteiger charge is -2.07. The molecule has 0 unspecified atom stereocenters. The Bertz CT molecular complexity index is 289. The standard InChI is InChI=1S/C12H23N3/c1-10(2)9-13-7-5-6-12-8-11(3)14-15(12)4/h8,10,13H,5-7,9H2,1-4H3. The van der Waals surface area contributed by atoms with Crippen molar-refractivity contribution in [2.75, 3.05) is 13.1 Å². The van der Waals surface area contributed by atoms with Gasteiger partial charge in [0.25, 0.3) is 0 Å². The highest BCUT2D eigenvalue weighted by atomic mass is 15.3. The highest BCUT2D eigenvalue weighted by Crippen LogP contribution is 2.04. The second kappa shape index (κ2) is 5.91. The summed E-state index contributed by atoms with van der Waals surface area (Å²) < 4.78 is 1.98. The van der Waals surface area contributed by atoms with Gasteiger partial charge in [0.05, 0.1) is 5.69 Å².